The molecular formula is C10H8F3NO. The monoisotopic (exact) mass is 215 g/mol. The quantitative estimate of drug-likeness (QED) is 0.762. The van der Waals surface area contributed by atoms with Crippen LogP contribution in [-0.4, -0.2) is 13.2 Å². The number of hydrogen-bond donors (Lipinski definition) is 1. The van der Waals surface area contributed by atoms with Gasteiger partial charge in [0.15, 0.2) is 0 Å². The van der Waals surface area contributed by atoms with Crippen LogP contribution in [0.5, 0.6) is 5.75 Å². The van der Waals surface area contributed by atoms with Crippen LogP contribution in [0.4, 0.5) is 13.2 Å². The molecule has 0 bridgehead atoms. The van der Waals surface area contributed by atoms with E-state index in [-0.39, 0.29) is 17.9 Å². The minimum Gasteiger partial charge on any atom is -0.433 e. The second kappa shape index (κ2) is 5.27. The number of nitrogens with two attached hydrogens (primary N) is 1. The van der Waals surface area contributed by atoms with Crippen molar-refractivity contribution in [3.05, 3.63) is 29.6 Å². The van der Waals surface area contributed by atoms with Gasteiger partial charge in [-0.2, -0.15) is 8.78 Å². The molecule has 0 radical (unpaired) electrons. The highest BCUT2D eigenvalue weighted by molar-refractivity contribution is 5.46. The van der Waals surface area contributed by atoms with Crippen LogP contribution in [0.1, 0.15) is 5.56 Å². The van der Waals surface area contributed by atoms with Crippen LogP contribution in [0.25, 0.3) is 0 Å². The molecule has 0 unspecified atom stereocenters. The van der Waals surface area contributed by atoms with E-state index in [1.165, 1.54) is 0 Å². The summed E-state index contributed by atoms with van der Waals surface area (Å²) in [5.41, 5.74) is 5.17. The van der Waals surface area contributed by atoms with Gasteiger partial charge in [0.2, 0.25) is 0 Å². The van der Waals surface area contributed by atoms with Gasteiger partial charge in [0.05, 0.1) is 12.1 Å². The van der Waals surface area contributed by atoms with E-state index in [0.717, 1.165) is 18.2 Å². The summed E-state index contributed by atoms with van der Waals surface area (Å²) in [6.45, 7) is -2.90. The zero-order valence-corrected chi connectivity index (χ0v) is 7.64. The molecule has 2 nitrogen and oxygen atoms in total. The Morgan fingerprint density at radius 2 is 2.13 bits per heavy atom. The molecular weight excluding hydrogens is 207 g/mol. The molecule has 1 aromatic carbocycles. The van der Waals surface area contributed by atoms with E-state index < -0.39 is 12.4 Å². The minimum absolute atomic E-state index is 0.0563. The molecule has 0 aliphatic heterocycles. The van der Waals surface area contributed by atoms with Gasteiger partial charge in [-0.25, -0.2) is 4.39 Å². The van der Waals surface area contributed by atoms with Gasteiger partial charge in [-0.15, -0.1) is 0 Å². The predicted molar refractivity (Wildman–Crippen MR) is 49.0 cm³/mol. The fourth-order valence-corrected chi connectivity index (χ4v) is 0.945. The van der Waals surface area contributed by atoms with Crippen LogP contribution in [0.2, 0.25) is 0 Å². The summed E-state index contributed by atoms with van der Waals surface area (Å²) in [6.07, 6.45) is 0. The molecule has 5 heteroatoms. The van der Waals surface area contributed by atoms with Crippen LogP contribution in [0.3, 0.4) is 0 Å². The summed E-state index contributed by atoms with van der Waals surface area (Å²) in [5.74, 6) is 4.15. The Morgan fingerprint density at radius 3 is 2.73 bits per heavy atom. The molecule has 2 N–H and O–H groups in total. The van der Waals surface area contributed by atoms with Crippen molar-refractivity contribution in [1.82, 2.24) is 0 Å². The number of benzene rings is 1. The van der Waals surface area contributed by atoms with Crippen LogP contribution < -0.4 is 10.5 Å². The molecule has 0 saturated carbocycles. The minimum atomic E-state index is -2.96. The summed E-state index contributed by atoms with van der Waals surface area (Å²) in [5, 5.41) is 0. The highest BCUT2D eigenvalue weighted by Crippen LogP contribution is 2.20. The first kappa shape index (κ1) is 11.4. The van der Waals surface area contributed by atoms with Gasteiger partial charge in [-0.05, 0) is 18.2 Å². The Morgan fingerprint density at radius 1 is 1.40 bits per heavy atom. The molecule has 0 spiro atoms. The normalized spacial score (nSPS) is 9.67. The Labute approximate surface area is 84.8 Å². The van der Waals surface area contributed by atoms with Crippen LogP contribution >= 0.6 is 0 Å². The Bertz CT molecular complexity index is 395. The lowest BCUT2D eigenvalue weighted by Gasteiger charge is -2.06. The van der Waals surface area contributed by atoms with Crippen molar-refractivity contribution in [1.29, 1.82) is 0 Å². The molecule has 0 aliphatic rings. The summed E-state index contributed by atoms with van der Waals surface area (Å²) in [7, 11) is 0. The molecule has 15 heavy (non-hydrogen) atoms. The maximum atomic E-state index is 12.8. The van der Waals surface area contributed by atoms with Crippen molar-refractivity contribution < 1.29 is 17.9 Å². The highest BCUT2D eigenvalue weighted by atomic mass is 19.3. The van der Waals surface area contributed by atoms with Crippen molar-refractivity contribution in [3.8, 4) is 17.6 Å². The zero-order valence-electron chi connectivity index (χ0n) is 7.64. The van der Waals surface area contributed by atoms with Crippen LogP contribution in [0.15, 0.2) is 18.2 Å². The van der Waals surface area contributed by atoms with E-state index in [2.05, 4.69) is 16.6 Å². The van der Waals surface area contributed by atoms with E-state index in [4.69, 9.17) is 5.73 Å². The first-order valence-corrected chi connectivity index (χ1v) is 4.07. The van der Waals surface area contributed by atoms with Crippen molar-refractivity contribution in [3.63, 3.8) is 0 Å². The molecule has 80 valence electrons. The summed E-state index contributed by atoms with van der Waals surface area (Å²) in [4.78, 5) is 0. The Kier molecular flexibility index (Phi) is 4.01. The highest BCUT2D eigenvalue weighted by Gasteiger charge is 2.08. The molecule has 0 atom stereocenters. The van der Waals surface area contributed by atoms with Gasteiger partial charge in [-0.1, -0.05) is 11.8 Å². The molecule has 1 aromatic rings. The van der Waals surface area contributed by atoms with Crippen molar-refractivity contribution in [2.24, 2.45) is 5.73 Å². The standard InChI is InChI=1S/C10H8F3NO/c11-8-3-4-9(15-10(12)13)7(6-8)2-1-5-14/h3-4,6,10H,5,14H2. The molecule has 1 rings (SSSR count). The average molecular weight is 215 g/mol. The molecule has 0 aromatic heterocycles. The van der Waals surface area contributed by atoms with Gasteiger partial charge in [0, 0.05) is 0 Å². The SMILES string of the molecule is NCC#Cc1cc(F)ccc1OC(F)F. The van der Waals surface area contributed by atoms with Crippen molar-refractivity contribution >= 4 is 0 Å². The molecule has 0 heterocycles. The largest absolute Gasteiger partial charge is 0.433 e. The third-order valence-electron chi connectivity index (χ3n) is 1.48. The summed E-state index contributed by atoms with van der Waals surface area (Å²) < 4.78 is 40.8. The fraction of sp³-hybridized carbons (Fsp3) is 0.200. The number of alkyl halides is 2. The van der Waals surface area contributed by atoms with E-state index in [1.54, 1.807) is 0 Å². The number of ether oxygens (including phenoxy) is 1. The third-order valence-corrected chi connectivity index (χ3v) is 1.48. The third kappa shape index (κ3) is 3.52. The van der Waals surface area contributed by atoms with Crippen LogP contribution in [0, 0.1) is 17.7 Å². The molecule has 0 saturated heterocycles. The van der Waals surface area contributed by atoms with E-state index in [0.29, 0.717) is 0 Å². The lowest BCUT2D eigenvalue weighted by Crippen LogP contribution is -2.03. The number of rotatable bonds is 2. The second-order valence-corrected chi connectivity index (χ2v) is 2.52. The maximum absolute atomic E-state index is 12.8. The zero-order chi connectivity index (χ0) is 11.3. The summed E-state index contributed by atoms with van der Waals surface area (Å²) >= 11 is 0. The van der Waals surface area contributed by atoms with Gasteiger partial charge < -0.3 is 10.5 Å². The average Bonchev–Trinajstić information content (AvgIpc) is 2.18. The number of hydrogen-bond acceptors (Lipinski definition) is 2. The van der Waals surface area contributed by atoms with E-state index >= 15 is 0 Å². The fourth-order valence-electron chi connectivity index (χ4n) is 0.945. The van der Waals surface area contributed by atoms with Gasteiger partial charge in [-0.3, -0.25) is 0 Å². The molecule has 0 aliphatic carbocycles. The van der Waals surface area contributed by atoms with Crippen LogP contribution in [-0.2, 0) is 0 Å². The predicted octanol–water partition coefficient (Wildman–Crippen LogP) is 1.74. The summed E-state index contributed by atoms with van der Waals surface area (Å²) in [6, 6.07) is 3.13. The maximum Gasteiger partial charge on any atom is 0.387 e. The smallest absolute Gasteiger partial charge is 0.387 e. The van der Waals surface area contributed by atoms with Crippen molar-refractivity contribution in [2.75, 3.05) is 6.54 Å². The first-order valence-electron chi connectivity index (χ1n) is 4.07. The van der Waals surface area contributed by atoms with Gasteiger partial charge in [0.25, 0.3) is 0 Å². The second-order valence-electron chi connectivity index (χ2n) is 2.52. The molecule has 0 amide bonds. The Balaban J connectivity index is 3.03. The van der Waals surface area contributed by atoms with E-state index in [9.17, 15) is 13.2 Å². The topological polar surface area (TPSA) is 35.2 Å². The Hall–Kier alpha value is -1.67. The van der Waals surface area contributed by atoms with Gasteiger partial charge >= 0.3 is 6.61 Å². The first-order chi connectivity index (χ1) is 7.13. The lowest BCUT2D eigenvalue weighted by molar-refractivity contribution is -0.0500. The van der Waals surface area contributed by atoms with Gasteiger partial charge in [0.1, 0.15) is 11.6 Å². The van der Waals surface area contributed by atoms with E-state index in [1.807, 2.05) is 0 Å². The van der Waals surface area contributed by atoms with Crippen molar-refractivity contribution in [2.45, 2.75) is 6.61 Å². The molecule has 0 fully saturated rings. The lowest BCUT2D eigenvalue weighted by atomic mass is 10.2. The number of halogens is 3.